The molecule has 208 valence electrons. The minimum atomic E-state index is -1.32. The summed E-state index contributed by atoms with van der Waals surface area (Å²) in [5.74, 6) is -0.998. The van der Waals surface area contributed by atoms with Crippen LogP contribution >= 0.6 is 0 Å². The molecule has 2 aromatic carbocycles. The molecule has 38 heavy (non-hydrogen) atoms. The molecule has 8 heteroatoms. The molecule has 8 nitrogen and oxygen atoms in total. The van der Waals surface area contributed by atoms with Crippen LogP contribution in [0.4, 0.5) is 10.5 Å². The zero-order valence-electron chi connectivity index (χ0n) is 24.4. The van der Waals surface area contributed by atoms with Gasteiger partial charge in [-0.15, -0.1) is 0 Å². The van der Waals surface area contributed by atoms with Gasteiger partial charge in [0.1, 0.15) is 17.7 Å². The van der Waals surface area contributed by atoms with Gasteiger partial charge in [0.25, 0.3) is 5.91 Å². The molecule has 0 fully saturated rings. The third kappa shape index (κ3) is 7.81. The highest BCUT2D eigenvalue weighted by molar-refractivity contribution is 6.00. The number of nitrogens with zero attached hydrogens (tertiary/aromatic N) is 1. The lowest BCUT2D eigenvalue weighted by Crippen LogP contribution is -2.59. The lowest BCUT2D eigenvalue weighted by atomic mass is 9.91. The molecular formula is C30H43N3O5. The highest BCUT2D eigenvalue weighted by atomic mass is 16.6. The van der Waals surface area contributed by atoms with Crippen molar-refractivity contribution in [2.45, 2.75) is 92.5 Å². The number of benzene rings is 2. The fourth-order valence-corrected chi connectivity index (χ4v) is 4.30. The summed E-state index contributed by atoms with van der Waals surface area (Å²) in [7, 11) is 0. The van der Waals surface area contributed by atoms with E-state index in [9.17, 15) is 19.5 Å². The van der Waals surface area contributed by atoms with E-state index in [1.807, 2.05) is 84.9 Å². The summed E-state index contributed by atoms with van der Waals surface area (Å²) >= 11 is 0. The molecule has 2 atom stereocenters. The van der Waals surface area contributed by atoms with Gasteiger partial charge in [-0.05, 0) is 91.5 Å². The SMILES string of the molecule is Cc1ccc(C)c(C(C(=O)Nc2c(C)cccc2C)N(C(=O)C(CO)NC(=O)OC(C)(C)C)C(C)(C)C)c1. The van der Waals surface area contributed by atoms with Crippen molar-refractivity contribution in [3.8, 4) is 0 Å². The number of ether oxygens (including phenoxy) is 1. The number of rotatable bonds is 7. The van der Waals surface area contributed by atoms with Crippen molar-refractivity contribution in [1.29, 1.82) is 0 Å². The van der Waals surface area contributed by atoms with Crippen LogP contribution in [-0.4, -0.2) is 51.7 Å². The number of hydrogen-bond donors (Lipinski definition) is 3. The van der Waals surface area contributed by atoms with Gasteiger partial charge in [-0.1, -0.05) is 42.0 Å². The van der Waals surface area contributed by atoms with E-state index >= 15 is 0 Å². The zero-order chi connectivity index (χ0) is 29.0. The molecule has 3 amide bonds. The highest BCUT2D eigenvalue weighted by Gasteiger charge is 2.42. The van der Waals surface area contributed by atoms with Crippen molar-refractivity contribution in [1.82, 2.24) is 10.2 Å². The first-order valence-corrected chi connectivity index (χ1v) is 12.8. The van der Waals surface area contributed by atoms with Gasteiger partial charge in [-0.3, -0.25) is 9.59 Å². The van der Waals surface area contributed by atoms with Crippen LogP contribution in [-0.2, 0) is 14.3 Å². The van der Waals surface area contributed by atoms with E-state index in [1.54, 1.807) is 20.8 Å². The lowest BCUT2D eigenvalue weighted by Gasteiger charge is -2.43. The molecule has 0 bridgehead atoms. The van der Waals surface area contributed by atoms with Gasteiger partial charge in [0.2, 0.25) is 5.91 Å². The number of alkyl carbamates (subject to hydrolysis) is 1. The third-order valence-corrected chi connectivity index (χ3v) is 6.10. The molecule has 0 spiro atoms. The number of aryl methyl sites for hydroxylation is 4. The quantitative estimate of drug-likeness (QED) is 0.465. The predicted molar refractivity (Wildman–Crippen MR) is 150 cm³/mol. The second-order valence-corrected chi connectivity index (χ2v) is 11.8. The Bertz CT molecular complexity index is 1160. The molecule has 0 heterocycles. The molecule has 0 saturated heterocycles. The normalized spacial score (nSPS) is 13.3. The van der Waals surface area contributed by atoms with Crippen LogP contribution in [0.5, 0.6) is 0 Å². The van der Waals surface area contributed by atoms with Crippen LogP contribution in [0.1, 0.15) is 75.4 Å². The summed E-state index contributed by atoms with van der Waals surface area (Å²) in [5, 5.41) is 15.7. The maximum absolute atomic E-state index is 14.1. The highest BCUT2D eigenvalue weighted by Crippen LogP contribution is 2.34. The number of hydrogen-bond acceptors (Lipinski definition) is 5. The number of aliphatic hydroxyl groups is 1. The predicted octanol–water partition coefficient (Wildman–Crippen LogP) is 5.11. The first-order valence-electron chi connectivity index (χ1n) is 12.8. The standard InChI is InChI=1S/C30H43N3O5/c1-18-14-15-19(2)22(16-18)25(26(35)32-24-20(3)12-11-13-21(24)4)33(29(5,6)7)27(36)23(17-34)31-28(37)38-30(8,9)10/h11-16,23,25,34H,17H2,1-10H3,(H,31,37)(H,32,35). The van der Waals surface area contributed by atoms with Gasteiger partial charge in [0.05, 0.1) is 6.61 Å². The number of para-hydroxylation sites is 1. The molecule has 2 unspecified atom stereocenters. The molecule has 0 saturated carbocycles. The Kier molecular flexibility index (Phi) is 9.72. The summed E-state index contributed by atoms with van der Waals surface area (Å²) in [6.07, 6.45) is -0.831. The first-order chi connectivity index (χ1) is 17.5. The van der Waals surface area contributed by atoms with Crippen LogP contribution in [0.3, 0.4) is 0 Å². The van der Waals surface area contributed by atoms with E-state index in [0.29, 0.717) is 11.3 Å². The van der Waals surface area contributed by atoms with Gasteiger partial charge in [-0.25, -0.2) is 4.79 Å². The van der Waals surface area contributed by atoms with E-state index < -0.39 is 47.7 Å². The molecule has 0 aliphatic rings. The number of aliphatic hydroxyl groups excluding tert-OH is 1. The number of amides is 3. The van der Waals surface area contributed by atoms with Crippen molar-refractivity contribution in [3.05, 3.63) is 64.2 Å². The van der Waals surface area contributed by atoms with Crippen molar-refractivity contribution < 1.29 is 24.2 Å². The van der Waals surface area contributed by atoms with Crippen molar-refractivity contribution in [2.75, 3.05) is 11.9 Å². The summed E-state index contributed by atoms with van der Waals surface area (Å²) in [6, 6.07) is 9.14. The maximum Gasteiger partial charge on any atom is 0.408 e. The molecule has 2 rings (SSSR count). The Morgan fingerprint density at radius 3 is 2.00 bits per heavy atom. The van der Waals surface area contributed by atoms with E-state index in [2.05, 4.69) is 10.6 Å². The second kappa shape index (κ2) is 12.0. The van der Waals surface area contributed by atoms with E-state index in [1.165, 1.54) is 4.90 Å². The van der Waals surface area contributed by atoms with Crippen LogP contribution in [0, 0.1) is 27.7 Å². The van der Waals surface area contributed by atoms with Crippen molar-refractivity contribution in [3.63, 3.8) is 0 Å². The monoisotopic (exact) mass is 525 g/mol. The Hall–Kier alpha value is -3.39. The average molecular weight is 526 g/mol. The fraction of sp³-hybridized carbons (Fsp3) is 0.500. The summed E-state index contributed by atoms with van der Waals surface area (Å²) in [4.78, 5) is 42.1. The van der Waals surface area contributed by atoms with E-state index in [4.69, 9.17) is 4.74 Å². The molecular weight excluding hydrogens is 482 g/mol. The zero-order valence-corrected chi connectivity index (χ0v) is 24.4. The number of anilines is 1. The Morgan fingerprint density at radius 2 is 1.50 bits per heavy atom. The molecule has 3 N–H and O–H groups in total. The molecule has 2 aromatic rings. The van der Waals surface area contributed by atoms with Crippen LogP contribution in [0.2, 0.25) is 0 Å². The van der Waals surface area contributed by atoms with Crippen LogP contribution < -0.4 is 10.6 Å². The maximum atomic E-state index is 14.1. The Morgan fingerprint density at radius 1 is 0.921 bits per heavy atom. The fourth-order valence-electron chi connectivity index (χ4n) is 4.30. The summed E-state index contributed by atoms with van der Waals surface area (Å²) < 4.78 is 5.31. The first kappa shape index (κ1) is 30.8. The smallest absolute Gasteiger partial charge is 0.408 e. The molecule has 0 aliphatic carbocycles. The molecule has 0 aromatic heterocycles. The van der Waals surface area contributed by atoms with Crippen molar-refractivity contribution >= 4 is 23.6 Å². The number of carbonyl (C=O) groups excluding carboxylic acids is 3. The van der Waals surface area contributed by atoms with E-state index in [-0.39, 0.29) is 0 Å². The lowest BCUT2D eigenvalue weighted by molar-refractivity contribution is -0.147. The number of nitrogens with one attached hydrogen (secondary N) is 2. The average Bonchev–Trinajstić information content (AvgIpc) is 2.77. The summed E-state index contributed by atoms with van der Waals surface area (Å²) in [5.41, 5.74) is 3.24. The van der Waals surface area contributed by atoms with Gasteiger partial charge < -0.3 is 25.4 Å². The third-order valence-electron chi connectivity index (χ3n) is 6.10. The molecule has 0 aliphatic heterocycles. The van der Waals surface area contributed by atoms with Crippen molar-refractivity contribution in [2.24, 2.45) is 0 Å². The minimum Gasteiger partial charge on any atom is -0.444 e. The van der Waals surface area contributed by atoms with Gasteiger partial charge in [-0.2, -0.15) is 0 Å². The Balaban J connectivity index is 2.64. The topological polar surface area (TPSA) is 108 Å². The molecule has 0 radical (unpaired) electrons. The second-order valence-electron chi connectivity index (χ2n) is 11.8. The Labute approximate surface area is 226 Å². The number of carbonyl (C=O) groups is 3. The van der Waals surface area contributed by atoms with E-state index in [0.717, 1.165) is 22.3 Å². The van der Waals surface area contributed by atoms with Crippen LogP contribution in [0.15, 0.2) is 36.4 Å². The van der Waals surface area contributed by atoms with Gasteiger partial charge in [0, 0.05) is 11.2 Å². The van der Waals surface area contributed by atoms with Gasteiger partial charge >= 0.3 is 6.09 Å². The largest absolute Gasteiger partial charge is 0.444 e. The van der Waals surface area contributed by atoms with Gasteiger partial charge in [0.15, 0.2) is 0 Å². The summed E-state index contributed by atoms with van der Waals surface area (Å²) in [6.45, 7) is 17.5. The van der Waals surface area contributed by atoms with Crippen LogP contribution in [0.25, 0.3) is 0 Å². The minimum absolute atomic E-state index is 0.395.